The van der Waals surface area contributed by atoms with Crippen LogP contribution >= 0.6 is 0 Å². The number of carbonyl (C=O) groups is 1. The zero-order valence-corrected chi connectivity index (χ0v) is 16.1. The summed E-state index contributed by atoms with van der Waals surface area (Å²) in [6, 6.07) is 17.0. The fraction of sp³-hybridized carbons (Fsp3) is 0.333. The highest BCUT2D eigenvalue weighted by Crippen LogP contribution is 2.19. The smallest absolute Gasteiger partial charge is 0.246 e. The van der Waals surface area contributed by atoms with E-state index in [9.17, 15) is 9.90 Å². The van der Waals surface area contributed by atoms with E-state index in [2.05, 4.69) is 38.0 Å². The van der Waals surface area contributed by atoms with E-state index in [1.165, 1.54) is 17.8 Å². The quantitative estimate of drug-likeness (QED) is 0.350. The third kappa shape index (κ3) is 5.64. The Morgan fingerprint density at radius 2 is 1.93 bits per heavy atom. The summed E-state index contributed by atoms with van der Waals surface area (Å²) in [5, 5.41) is 18.7. The number of guanidine groups is 1. The molecule has 0 spiro atoms. The lowest BCUT2D eigenvalue weighted by atomic mass is 10.3. The molecule has 0 bridgehead atoms. The highest BCUT2D eigenvalue weighted by molar-refractivity contribution is 5.94. The van der Waals surface area contributed by atoms with Crippen molar-refractivity contribution < 1.29 is 9.90 Å². The van der Waals surface area contributed by atoms with E-state index in [-0.39, 0.29) is 24.2 Å². The van der Waals surface area contributed by atoms with Gasteiger partial charge in [0.2, 0.25) is 5.91 Å². The average Bonchev–Trinajstić information content (AvgIpc) is 3.17. The molecule has 0 radical (unpaired) electrons. The molecule has 0 aliphatic carbocycles. The van der Waals surface area contributed by atoms with Crippen molar-refractivity contribution in [1.29, 1.82) is 0 Å². The molecule has 148 valence electrons. The molecule has 0 aromatic heterocycles. The molecule has 1 fully saturated rings. The van der Waals surface area contributed by atoms with Crippen molar-refractivity contribution in [2.24, 2.45) is 4.99 Å². The van der Waals surface area contributed by atoms with Crippen LogP contribution in [0, 0.1) is 0 Å². The largest absolute Gasteiger partial charge is 0.508 e. The Kier molecular flexibility index (Phi) is 6.73. The van der Waals surface area contributed by atoms with Gasteiger partial charge in [0.25, 0.3) is 0 Å². The topological polar surface area (TPSA) is 89.0 Å². The second-order valence-electron chi connectivity index (χ2n) is 6.70. The highest BCUT2D eigenvalue weighted by atomic mass is 16.3. The van der Waals surface area contributed by atoms with E-state index >= 15 is 0 Å². The lowest BCUT2D eigenvalue weighted by Gasteiger charge is -2.20. The van der Waals surface area contributed by atoms with Gasteiger partial charge in [0.15, 0.2) is 5.96 Å². The molecule has 1 heterocycles. The van der Waals surface area contributed by atoms with Gasteiger partial charge in [-0.25, -0.2) is 4.99 Å². The molecule has 7 nitrogen and oxygen atoms in total. The summed E-state index contributed by atoms with van der Waals surface area (Å²) in [5.74, 6) is 0.597. The highest BCUT2D eigenvalue weighted by Gasteiger charge is 2.23. The molecular weight excluding hydrogens is 354 g/mol. The first-order valence-corrected chi connectivity index (χ1v) is 9.58. The van der Waals surface area contributed by atoms with Crippen molar-refractivity contribution >= 4 is 23.2 Å². The average molecular weight is 381 g/mol. The van der Waals surface area contributed by atoms with Crippen LogP contribution in [-0.4, -0.2) is 49.2 Å². The van der Waals surface area contributed by atoms with Crippen LogP contribution in [0.25, 0.3) is 0 Å². The van der Waals surface area contributed by atoms with Crippen molar-refractivity contribution in [2.45, 2.75) is 19.4 Å². The van der Waals surface area contributed by atoms with Crippen LogP contribution in [0.4, 0.5) is 11.4 Å². The number of amides is 1. The summed E-state index contributed by atoms with van der Waals surface area (Å²) in [6.45, 7) is 4.63. The van der Waals surface area contributed by atoms with Gasteiger partial charge in [0.1, 0.15) is 12.3 Å². The minimum Gasteiger partial charge on any atom is -0.508 e. The molecule has 1 saturated heterocycles. The Labute approximate surface area is 165 Å². The molecule has 4 N–H and O–H groups in total. The Bertz CT molecular complexity index is 792. The number of hydrogen-bond acceptors (Lipinski definition) is 4. The summed E-state index contributed by atoms with van der Waals surface area (Å²) in [5.41, 5.74) is 1.85. The predicted octanol–water partition coefficient (Wildman–Crippen LogP) is 2.16. The summed E-state index contributed by atoms with van der Waals surface area (Å²) in [4.78, 5) is 18.9. The Morgan fingerprint density at radius 3 is 2.64 bits per heavy atom. The van der Waals surface area contributed by atoms with E-state index in [0.29, 0.717) is 11.6 Å². The second-order valence-corrected chi connectivity index (χ2v) is 6.70. The Hall–Kier alpha value is -3.22. The van der Waals surface area contributed by atoms with Crippen LogP contribution in [0.1, 0.15) is 13.3 Å². The molecule has 28 heavy (non-hydrogen) atoms. The number of aromatic hydroxyl groups is 1. The van der Waals surface area contributed by atoms with Gasteiger partial charge >= 0.3 is 0 Å². The van der Waals surface area contributed by atoms with Gasteiger partial charge in [-0.15, -0.1) is 0 Å². The maximum absolute atomic E-state index is 12.1. The molecule has 3 rings (SSSR count). The summed E-state index contributed by atoms with van der Waals surface area (Å²) < 4.78 is 0. The van der Waals surface area contributed by atoms with E-state index in [4.69, 9.17) is 0 Å². The second kappa shape index (κ2) is 9.64. The van der Waals surface area contributed by atoms with E-state index in [1.807, 2.05) is 25.1 Å². The summed E-state index contributed by atoms with van der Waals surface area (Å²) in [7, 11) is 0. The maximum Gasteiger partial charge on any atom is 0.246 e. The first-order valence-electron chi connectivity index (χ1n) is 9.58. The number of anilines is 2. The fourth-order valence-corrected chi connectivity index (χ4v) is 3.16. The van der Waals surface area contributed by atoms with E-state index in [1.54, 1.807) is 12.1 Å². The van der Waals surface area contributed by atoms with Gasteiger partial charge < -0.3 is 26.0 Å². The normalized spacial score (nSPS) is 16.7. The SMILES string of the molecule is CCNC(=NCC(=O)Nc1ccc(O)cc1)NC1CCN(c2ccccc2)C1. The number of aliphatic imine (C=N–C) groups is 1. The standard InChI is InChI=1S/C21H27N5O2/c1-2-22-21(23-14-20(28)24-16-8-10-19(27)11-9-16)25-17-12-13-26(15-17)18-6-4-3-5-7-18/h3-11,17,27H,2,12-15H2,1H3,(H,24,28)(H2,22,23,25). The summed E-state index contributed by atoms with van der Waals surface area (Å²) in [6.07, 6.45) is 1.01. The zero-order valence-electron chi connectivity index (χ0n) is 16.1. The fourth-order valence-electron chi connectivity index (χ4n) is 3.16. The number of phenols is 1. The molecule has 0 saturated carbocycles. The molecule has 1 atom stereocenters. The minimum absolute atomic E-state index is 0.0192. The molecule has 1 unspecified atom stereocenters. The van der Waals surface area contributed by atoms with Gasteiger partial charge in [0, 0.05) is 37.1 Å². The maximum atomic E-state index is 12.1. The minimum atomic E-state index is -0.208. The van der Waals surface area contributed by atoms with Gasteiger partial charge in [-0.2, -0.15) is 0 Å². The number of hydrogen-bond donors (Lipinski definition) is 4. The number of phenolic OH excluding ortho intramolecular Hbond substituents is 1. The first-order chi connectivity index (χ1) is 13.6. The van der Waals surface area contributed by atoms with Crippen molar-refractivity contribution in [3.05, 3.63) is 54.6 Å². The molecule has 1 amide bonds. The molecule has 7 heteroatoms. The monoisotopic (exact) mass is 381 g/mol. The van der Waals surface area contributed by atoms with E-state index in [0.717, 1.165) is 26.1 Å². The van der Waals surface area contributed by atoms with Crippen LogP contribution in [0.2, 0.25) is 0 Å². The van der Waals surface area contributed by atoms with Crippen LogP contribution in [0.3, 0.4) is 0 Å². The van der Waals surface area contributed by atoms with Crippen LogP contribution in [-0.2, 0) is 4.79 Å². The molecule has 1 aliphatic rings. The van der Waals surface area contributed by atoms with Gasteiger partial charge in [0.05, 0.1) is 0 Å². The van der Waals surface area contributed by atoms with E-state index < -0.39 is 0 Å². The van der Waals surface area contributed by atoms with Crippen LogP contribution in [0.5, 0.6) is 5.75 Å². The third-order valence-corrected chi connectivity index (χ3v) is 4.53. The number of nitrogens with one attached hydrogen (secondary N) is 3. The van der Waals surface area contributed by atoms with Gasteiger partial charge in [-0.05, 0) is 49.7 Å². The molecule has 2 aromatic rings. The van der Waals surface area contributed by atoms with Crippen molar-refractivity contribution in [2.75, 3.05) is 36.4 Å². The zero-order chi connectivity index (χ0) is 19.8. The van der Waals surface area contributed by atoms with Crippen LogP contribution in [0.15, 0.2) is 59.6 Å². The van der Waals surface area contributed by atoms with Gasteiger partial charge in [-0.1, -0.05) is 18.2 Å². The number of carbonyl (C=O) groups excluding carboxylic acids is 1. The number of benzene rings is 2. The van der Waals surface area contributed by atoms with Crippen molar-refractivity contribution in [1.82, 2.24) is 10.6 Å². The first kappa shape index (κ1) is 19.5. The predicted molar refractivity (Wildman–Crippen MR) is 113 cm³/mol. The van der Waals surface area contributed by atoms with Crippen molar-refractivity contribution in [3.63, 3.8) is 0 Å². The number of para-hydroxylation sites is 1. The molecule has 2 aromatic carbocycles. The van der Waals surface area contributed by atoms with Crippen LogP contribution < -0.4 is 20.9 Å². The Balaban J connectivity index is 1.52. The van der Waals surface area contributed by atoms with Gasteiger partial charge in [-0.3, -0.25) is 4.79 Å². The number of rotatable bonds is 6. The Morgan fingerprint density at radius 1 is 1.18 bits per heavy atom. The lowest BCUT2D eigenvalue weighted by molar-refractivity contribution is -0.114. The lowest BCUT2D eigenvalue weighted by Crippen LogP contribution is -2.45. The van der Waals surface area contributed by atoms with Crippen molar-refractivity contribution in [3.8, 4) is 5.75 Å². The summed E-state index contributed by atoms with van der Waals surface area (Å²) >= 11 is 0. The third-order valence-electron chi connectivity index (χ3n) is 4.53. The molecular formula is C21H27N5O2. The number of nitrogens with zero attached hydrogens (tertiary/aromatic N) is 2. The molecule has 1 aliphatic heterocycles.